The SMILES string of the molecule is CCC(C)C(NC(=O)OC(C)(C)C)C(=O)N(C(C(=O)Nc1ccc2ccccc2c1)c1ccc(C)cc1C)C(C)(C)CC. The summed E-state index contributed by atoms with van der Waals surface area (Å²) in [6.07, 6.45) is 0.566. The number of hydrogen-bond acceptors (Lipinski definition) is 4. The Bertz CT molecular complexity index is 1460. The maximum absolute atomic E-state index is 14.8. The van der Waals surface area contributed by atoms with Crippen LogP contribution in [0.5, 0.6) is 0 Å². The van der Waals surface area contributed by atoms with Gasteiger partial charge in [-0.3, -0.25) is 9.59 Å². The van der Waals surface area contributed by atoms with Gasteiger partial charge < -0.3 is 20.3 Å². The number of anilines is 1. The summed E-state index contributed by atoms with van der Waals surface area (Å²) < 4.78 is 5.54. The van der Waals surface area contributed by atoms with Crippen LogP contribution in [0, 0.1) is 19.8 Å². The Morgan fingerprint density at radius 1 is 0.884 bits per heavy atom. The molecule has 0 bridgehead atoms. The van der Waals surface area contributed by atoms with E-state index in [1.807, 2.05) is 109 Å². The Balaban J connectivity index is 2.16. The van der Waals surface area contributed by atoms with Crippen molar-refractivity contribution >= 4 is 34.4 Å². The minimum Gasteiger partial charge on any atom is -0.444 e. The Hall–Kier alpha value is -3.87. The van der Waals surface area contributed by atoms with E-state index in [0.717, 1.165) is 27.5 Å². The van der Waals surface area contributed by atoms with Crippen molar-refractivity contribution in [3.63, 3.8) is 0 Å². The number of fused-ring (bicyclic) bond motifs is 1. The number of ether oxygens (including phenoxy) is 1. The zero-order valence-corrected chi connectivity index (χ0v) is 27.5. The lowest BCUT2D eigenvalue weighted by Gasteiger charge is -2.45. The Kier molecular flexibility index (Phi) is 10.7. The van der Waals surface area contributed by atoms with Crippen LogP contribution >= 0.6 is 0 Å². The molecule has 3 amide bonds. The van der Waals surface area contributed by atoms with Crippen LogP contribution in [0.1, 0.15) is 91.0 Å². The van der Waals surface area contributed by atoms with Gasteiger partial charge in [-0.15, -0.1) is 0 Å². The summed E-state index contributed by atoms with van der Waals surface area (Å²) in [5.74, 6) is -0.860. The molecule has 0 spiro atoms. The summed E-state index contributed by atoms with van der Waals surface area (Å²) in [7, 11) is 0. The van der Waals surface area contributed by atoms with Gasteiger partial charge in [0.05, 0.1) is 0 Å². The van der Waals surface area contributed by atoms with Gasteiger partial charge in [-0.1, -0.05) is 81.3 Å². The number of amides is 3. The predicted octanol–water partition coefficient (Wildman–Crippen LogP) is 8.09. The molecule has 0 aliphatic heterocycles. The fourth-order valence-corrected chi connectivity index (χ4v) is 5.22. The van der Waals surface area contributed by atoms with E-state index in [0.29, 0.717) is 18.5 Å². The molecular weight excluding hydrogens is 538 g/mol. The largest absolute Gasteiger partial charge is 0.444 e. The minimum atomic E-state index is -0.957. The summed E-state index contributed by atoms with van der Waals surface area (Å²) in [6, 6.07) is 17.8. The Morgan fingerprint density at radius 3 is 2.12 bits per heavy atom. The fraction of sp³-hybridized carbons (Fsp3) is 0.472. The molecule has 2 N–H and O–H groups in total. The maximum Gasteiger partial charge on any atom is 0.408 e. The smallest absolute Gasteiger partial charge is 0.408 e. The molecule has 43 heavy (non-hydrogen) atoms. The average Bonchev–Trinajstić information content (AvgIpc) is 2.93. The molecule has 0 heterocycles. The zero-order valence-electron chi connectivity index (χ0n) is 27.5. The quantitative estimate of drug-likeness (QED) is 0.251. The molecule has 7 heteroatoms. The molecule has 0 saturated heterocycles. The summed E-state index contributed by atoms with van der Waals surface area (Å²) >= 11 is 0. The number of aryl methyl sites for hydroxylation is 2. The van der Waals surface area contributed by atoms with Crippen molar-refractivity contribution < 1.29 is 19.1 Å². The molecule has 0 saturated carbocycles. The van der Waals surface area contributed by atoms with Crippen LogP contribution in [0.25, 0.3) is 10.8 Å². The molecule has 3 atom stereocenters. The molecule has 7 nitrogen and oxygen atoms in total. The van der Waals surface area contributed by atoms with Crippen molar-refractivity contribution in [1.82, 2.24) is 10.2 Å². The van der Waals surface area contributed by atoms with Crippen LogP contribution < -0.4 is 10.6 Å². The third-order valence-corrected chi connectivity index (χ3v) is 8.15. The second-order valence-corrected chi connectivity index (χ2v) is 13.2. The van der Waals surface area contributed by atoms with Crippen LogP contribution in [0.2, 0.25) is 0 Å². The Labute approximate surface area is 257 Å². The first-order chi connectivity index (χ1) is 20.1. The monoisotopic (exact) mass is 587 g/mol. The van der Waals surface area contributed by atoms with Crippen molar-refractivity contribution in [2.24, 2.45) is 5.92 Å². The molecule has 3 aromatic rings. The molecule has 0 aliphatic rings. The highest BCUT2D eigenvalue weighted by Crippen LogP contribution is 2.35. The summed E-state index contributed by atoms with van der Waals surface area (Å²) in [5.41, 5.74) is 1.89. The molecule has 0 aromatic heterocycles. The molecule has 0 radical (unpaired) electrons. The van der Waals surface area contributed by atoms with Crippen molar-refractivity contribution in [3.05, 3.63) is 77.4 Å². The number of carbonyl (C=O) groups excluding carboxylic acids is 3. The van der Waals surface area contributed by atoms with E-state index in [4.69, 9.17) is 4.74 Å². The van der Waals surface area contributed by atoms with Crippen molar-refractivity contribution in [2.75, 3.05) is 5.32 Å². The van der Waals surface area contributed by atoms with Crippen LogP contribution in [0.3, 0.4) is 0 Å². The van der Waals surface area contributed by atoms with Gasteiger partial charge in [0.25, 0.3) is 5.91 Å². The second kappa shape index (κ2) is 13.6. The van der Waals surface area contributed by atoms with Gasteiger partial charge in [-0.2, -0.15) is 0 Å². The first-order valence-electron chi connectivity index (χ1n) is 15.3. The molecule has 232 valence electrons. The third-order valence-electron chi connectivity index (χ3n) is 8.15. The van der Waals surface area contributed by atoms with Gasteiger partial charge in [-0.25, -0.2) is 4.79 Å². The summed E-state index contributed by atoms with van der Waals surface area (Å²) in [6.45, 7) is 19.2. The number of nitrogens with one attached hydrogen (secondary N) is 2. The molecule has 0 fully saturated rings. The molecule has 0 aliphatic carbocycles. The predicted molar refractivity (Wildman–Crippen MR) is 175 cm³/mol. The van der Waals surface area contributed by atoms with Crippen LogP contribution in [-0.2, 0) is 14.3 Å². The highest BCUT2D eigenvalue weighted by molar-refractivity contribution is 6.01. The highest BCUT2D eigenvalue weighted by atomic mass is 16.6. The average molecular weight is 588 g/mol. The molecular formula is C36H49N3O4. The van der Waals surface area contributed by atoms with E-state index in [-0.39, 0.29) is 17.7 Å². The van der Waals surface area contributed by atoms with Crippen LogP contribution in [0.15, 0.2) is 60.7 Å². The molecule has 3 aromatic carbocycles. The Morgan fingerprint density at radius 2 is 1.53 bits per heavy atom. The first kappa shape index (κ1) is 33.6. The topological polar surface area (TPSA) is 87.7 Å². The van der Waals surface area contributed by atoms with Gasteiger partial charge in [0.2, 0.25) is 5.91 Å². The lowest BCUT2D eigenvalue weighted by molar-refractivity contribution is -0.148. The van der Waals surface area contributed by atoms with Crippen LogP contribution in [0.4, 0.5) is 10.5 Å². The van der Waals surface area contributed by atoms with Crippen molar-refractivity contribution in [2.45, 2.75) is 105 Å². The standard InChI is InChI=1S/C36H49N3O4/c1-11-24(4)30(38-34(42)43-35(6,7)8)33(41)39(36(9,10)12-2)31(29-20-17-23(3)21-25(29)5)32(40)37-28-19-18-26-15-13-14-16-27(26)22-28/h13-22,24,30-31H,11-12H2,1-10H3,(H,37,40)(H,38,42). The zero-order chi connectivity index (χ0) is 32.1. The highest BCUT2D eigenvalue weighted by Gasteiger charge is 2.44. The minimum absolute atomic E-state index is 0.210. The van der Waals surface area contributed by atoms with E-state index in [1.54, 1.807) is 25.7 Å². The molecule has 3 unspecified atom stereocenters. The number of benzene rings is 3. The lowest BCUT2D eigenvalue weighted by Crippen LogP contribution is -2.60. The van der Waals surface area contributed by atoms with E-state index in [1.165, 1.54) is 0 Å². The number of alkyl carbamates (subject to hydrolysis) is 1. The number of nitrogens with zero attached hydrogens (tertiary/aromatic N) is 1. The van der Waals surface area contributed by atoms with Crippen LogP contribution in [-0.4, -0.2) is 40.0 Å². The van der Waals surface area contributed by atoms with Gasteiger partial charge in [0, 0.05) is 11.2 Å². The fourth-order valence-electron chi connectivity index (χ4n) is 5.22. The summed E-state index contributed by atoms with van der Waals surface area (Å²) in [4.78, 5) is 43.8. The van der Waals surface area contributed by atoms with Crippen molar-refractivity contribution in [3.8, 4) is 0 Å². The summed E-state index contributed by atoms with van der Waals surface area (Å²) in [5, 5.41) is 8.04. The van der Waals surface area contributed by atoms with E-state index >= 15 is 0 Å². The third kappa shape index (κ3) is 8.37. The van der Waals surface area contributed by atoms with E-state index in [2.05, 4.69) is 10.6 Å². The van der Waals surface area contributed by atoms with Gasteiger partial charge >= 0.3 is 6.09 Å². The van der Waals surface area contributed by atoms with Gasteiger partial charge in [0.15, 0.2) is 0 Å². The van der Waals surface area contributed by atoms with Gasteiger partial charge in [-0.05, 0) is 94.8 Å². The van der Waals surface area contributed by atoms with Gasteiger partial charge in [0.1, 0.15) is 17.7 Å². The molecule has 3 rings (SSSR count). The number of hydrogen-bond donors (Lipinski definition) is 2. The van der Waals surface area contributed by atoms with Crippen molar-refractivity contribution in [1.29, 1.82) is 0 Å². The first-order valence-corrected chi connectivity index (χ1v) is 15.3. The second-order valence-electron chi connectivity index (χ2n) is 13.2. The number of carbonyl (C=O) groups is 3. The lowest BCUT2D eigenvalue weighted by atomic mass is 9.88. The van der Waals surface area contributed by atoms with E-state index < -0.39 is 29.3 Å². The maximum atomic E-state index is 14.8. The normalized spacial score (nSPS) is 14.0. The van der Waals surface area contributed by atoms with E-state index in [9.17, 15) is 14.4 Å². The number of rotatable bonds is 10.